The van der Waals surface area contributed by atoms with E-state index in [4.69, 9.17) is 4.74 Å². The Bertz CT molecular complexity index is 695. The zero-order valence-electron chi connectivity index (χ0n) is 13.0. The van der Waals surface area contributed by atoms with Crippen molar-refractivity contribution in [2.45, 2.75) is 19.9 Å². The number of rotatable bonds is 3. The molecule has 0 saturated heterocycles. The summed E-state index contributed by atoms with van der Waals surface area (Å²) in [6.45, 7) is 3.90. The van der Waals surface area contributed by atoms with Crippen LogP contribution in [-0.4, -0.2) is 13.0 Å². The van der Waals surface area contributed by atoms with Gasteiger partial charge in [0, 0.05) is 16.9 Å². The number of hydrogen-bond donors (Lipinski definition) is 2. The second-order valence-corrected chi connectivity index (χ2v) is 6.07. The third-order valence-electron chi connectivity index (χ3n) is 4.21. The summed E-state index contributed by atoms with van der Waals surface area (Å²) in [4.78, 5) is 12.5. The Labute approximate surface area is 130 Å². The lowest BCUT2D eigenvalue weighted by molar-refractivity contribution is -0.125. The molecule has 4 heteroatoms. The third kappa shape index (κ3) is 2.41. The summed E-state index contributed by atoms with van der Waals surface area (Å²) in [5.74, 6) is 0.796. The Morgan fingerprint density at radius 3 is 2.55 bits per heavy atom. The van der Waals surface area contributed by atoms with Crippen LogP contribution >= 0.6 is 0 Å². The van der Waals surface area contributed by atoms with Gasteiger partial charge in [-0.15, -0.1) is 0 Å². The predicted molar refractivity (Wildman–Crippen MR) is 88.2 cm³/mol. The SMILES string of the molecule is COc1ccc2c(c1)C(Nc1ccccc1)C(C)(C)C(=O)N2. The smallest absolute Gasteiger partial charge is 0.232 e. The van der Waals surface area contributed by atoms with Gasteiger partial charge in [0.2, 0.25) is 5.91 Å². The monoisotopic (exact) mass is 296 g/mol. The van der Waals surface area contributed by atoms with Crippen LogP contribution in [0.2, 0.25) is 0 Å². The summed E-state index contributed by atoms with van der Waals surface area (Å²) < 4.78 is 5.33. The Balaban J connectivity index is 2.07. The van der Waals surface area contributed by atoms with Gasteiger partial charge < -0.3 is 15.4 Å². The maximum atomic E-state index is 12.5. The molecule has 1 unspecified atom stereocenters. The van der Waals surface area contributed by atoms with Crippen LogP contribution in [0.4, 0.5) is 11.4 Å². The fourth-order valence-electron chi connectivity index (χ4n) is 2.78. The van der Waals surface area contributed by atoms with E-state index in [9.17, 15) is 4.79 Å². The summed E-state index contributed by atoms with van der Waals surface area (Å²) in [6.07, 6.45) is 0. The summed E-state index contributed by atoms with van der Waals surface area (Å²) in [5.41, 5.74) is 2.28. The zero-order chi connectivity index (χ0) is 15.7. The van der Waals surface area contributed by atoms with Crippen molar-refractivity contribution in [1.82, 2.24) is 0 Å². The van der Waals surface area contributed by atoms with Crippen molar-refractivity contribution in [2.24, 2.45) is 5.41 Å². The molecule has 1 heterocycles. The van der Waals surface area contributed by atoms with Crippen LogP contribution in [0.25, 0.3) is 0 Å². The van der Waals surface area contributed by atoms with Gasteiger partial charge in [0.15, 0.2) is 0 Å². The number of ether oxygens (including phenoxy) is 1. The van der Waals surface area contributed by atoms with Crippen molar-refractivity contribution in [1.29, 1.82) is 0 Å². The lowest BCUT2D eigenvalue weighted by Crippen LogP contribution is -2.43. The summed E-state index contributed by atoms with van der Waals surface area (Å²) in [6, 6.07) is 15.5. The number of para-hydroxylation sites is 1. The Hall–Kier alpha value is -2.49. The highest BCUT2D eigenvalue weighted by molar-refractivity contribution is 5.99. The third-order valence-corrected chi connectivity index (χ3v) is 4.21. The van der Waals surface area contributed by atoms with E-state index in [-0.39, 0.29) is 11.9 Å². The first-order valence-electron chi connectivity index (χ1n) is 7.33. The lowest BCUT2D eigenvalue weighted by atomic mass is 9.76. The molecule has 0 spiro atoms. The quantitative estimate of drug-likeness (QED) is 0.905. The molecule has 2 N–H and O–H groups in total. The van der Waals surface area contributed by atoms with E-state index in [1.54, 1.807) is 7.11 Å². The maximum absolute atomic E-state index is 12.5. The number of methoxy groups -OCH3 is 1. The molecule has 0 saturated carbocycles. The maximum Gasteiger partial charge on any atom is 0.232 e. The zero-order valence-corrected chi connectivity index (χ0v) is 13.0. The van der Waals surface area contributed by atoms with Gasteiger partial charge in [0.25, 0.3) is 0 Å². The molecule has 3 rings (SSSR count). The Morgan fingerprint density at radius 1 is 1.14 bits per heavy atom. The number of hydrogen-bond acceptors (Lipinski definition) is 3. The highest BCUT2D eigenvalue weighted by Gasteiger charge is 2.43. The molecule has 0 aromatic heterocycles. The minimum atomic E-state index is -0.574. The topological polar surface area (TPSA) is 50.4 Å². The first-order valence-corrected chi connectivity index (χ1v) is 7.33. The number of carbonyl (C=O) groups is 1. The molecule has 1 amide bonds. The molecule has 0 aliphatic carbocycles. The van der Waals surface area contributed by atoms with Gasteiger partial charge in [0.1, 0.15) is 5.75 Å². The van der Waals surface area contributed by atoms with Crippen LogP contribution in [0.15, 0.2) is 48.5 Å². The molecule has 1 aliphatic rings. The normalized spacial score (nSPS) is 19.0. The molecule has 0 fully saturated rings. The molecule has 0 radical (unpaired) electrons. The number of benzene rings is 2. The highest BCUT2D eigenvalue weighted by atomic mass is 16.5. The molecular weight excluding hydrogens is 276 g/mol. The van der Waals surface area contributed by atoms with Gasteiger partial charge in [0.05, 0.1) is 18.6 Å². The number of amides is 1. The molecule has 4 nitrogen and oxygen atoms in total. The fraction of sp³-hybridized carbons (Fsp3) is 0.278. The first kappa shape index (κ1) is 14.4. The van der Waals surface area contributed by atoms with Gasteiger partial charge in [-0.2, -0.15) is 0 Å². The van der Waals surface area contributed by atoms with Crippen LogP contribution < -0.4 is 15.4 Å². The minimum Gasteiger partial charge on any atom is -0.497 e. The van der Waals surface area contributed by atoms with E-state index in [1.165, 1.54) is 0 Å². The molecule has 2 aromatic rings. The number of fused-ring (bicyclic) bond motifs is 1. The van der Waals surface area contributed by atoms with Crippen molar-refractivity contribution in [2.75, 3.05) is 17.7 Å². The molecule has 2 aromatic carbocycles. The van der Waals surface area contributed by atoms with E-state index in [2.05, 4.69) is 10.6 Å². The van der Waals surface area contributed by atoms with Crippen LogP contribution in [0.1, 0.15) is 25.5 Å². The minimum absolute atomic E-state index is 0.0126. The number of anilines is 2. The Kier molecular flexibility index (Phi) is 3.53. The highest BCUT2D eigenvalue weighted by Crippen LogP contribution is 2.45. The van der Waals surface area contributed by atoms with E-state index < -0.39 is 5.41 Å². The van der Waals surface area contributed by atoms with Crippen LogP contribution in [-0.2, 0) is 4.79 Å². The molecule has 0 bridgehead atoms. The molecule has 1 aliphatic heterocycles. The van der Waals surface area contributed by atoms with E-state index in [0.717, 1.165) is 22.7 Å². The van der Waals surface area contributed by atoms with Gasteiger partial charge in [-0.25, -0.2) is 0 Å². The standard InChI is InChI=1S/C18H20N2O2/c1-18(2)16(19-12-7-5-4-6-8-12)14-11-13(22-3)9-10-15(14)20-17(18)21/h4-11,16,19H,1-3H3,(H,20,21). The lowest BCUT2D eigenvalue weighted by Gasteiger charge is -2.40. The largest absolute Gasteiger partial charge is 0.497 e. The van der Waals surface area contributed by atoms with Crippen LogP contribution in [0.5, 0.6) is 5.75 Å². The summed E-state index contributed by atoms with van der Waals surface area (Å²) >= 11 is 0. The van der Waals surface area contributed by atoms with Crippen LogP contribution in [0.3, 0.4) is 0 Å². The number of nitrogens with one attached hydrogen (secondary N) is 2. The van der Waals surface area contributed by atoms with E-state index in [1.807, 2.05) is 62.4 Å². The number of carbonyl (C=O) groups excluding carboxylic acids is 1. The summed E-state index contributed by atoms with van der Waals surface area (Å²) in [7, 11) is 1.65. The van der Waals surface area contributed by atoms with Crippen LogP contribution in [0, 0.1) is 5.41 Å². The second-order valence-electron chi connectivity index (χ2n) is 6.07. The van der Waals surface area contributed by atoms with Gasteiger partial charge in [-0.05, 0) is 44.2 Å². The molecule has 1 atom stereocenters. The van der Waals surface area contributed by atoms with Gasteiger partial charge >= 0.3 is 0 Å². The first-order chi connectivity index (χ1) is 10.5. The average molecular weight is 296 g/mol. The summed E-state index contributed by atoms with van der Waals surface area (Å²) in [5, 5.41) is 6.48. The van der Waals surface area contributed by atoms with E-state index >= 15 is 0 Å². The van der Waals surface area contributed by atoms with Crippen molar-refractivity contribution in [3.05, 3.63) is 54.1 Å². The van der Waals surface area contributed by atoms with E-state index in [0.29, 0.717) is 0 Å². The van der Waals surface area contributed by atoms with Crippen molar-refractivity contribution in [3.8, 4) is 5.75 Å². The molecule has 22 heavy (non-hydrogen) atoms. The predicted octanol–water partition coefficient (Wildman–Crippen LogP) is 3.83. The molecule has 114 valence electrons. The van der Waals surface area contributed by atoms with Gasteiger partial charge in [-0.3, -0.25) is 4.79 Å². The molecular formula is C18H20N2O2. The van der Waals surface area contributed by atoms with Crippen molar-refractivity contribution in [3.63, 3.8) is 0 Å². The van der Waals surface area contributed by atoms with Gasteiger partial charge in [-0.1, -0.05) is 18.2 Å². The van der Waals surface area contributed by atoms with Crippen molar-refractivity contribution >= 4 is 17.3 Å². The second kappa shape index (κ2) is 5.37. The average Bonchev–Trinajstić information content (AvgIpc) is 2.53. The Morgan fingerprint density at radius 2 is 1.86 bits per heavy atom. The van der Waals surface area contributed by atoms with Crippen molar-refractivity contribution < 1.29 is 9.53 Å². The fourth-order valence-corrected chi connectivity index (χ4v) is 2.78.